The summed E-state index contributed by atoms with van der Waals surface area (Å²) in [5, 5.41) is 13.3. The van der Waals surface area contributed by atoms with Crippen LogP contribution >= 0.6 is 0 Å². The van der Waals surface area contributed by atoms with Crippen LogP contribution in [0.3, 0.4) is 0 Å². The zero-order valence-electron chi connectivity index (χ0n) is 15.2. The van der Waals surface area contributed by atoms with Gasteiger partial charge < -0.3 is 20.1 Å². The number of carbonyl (C=O) groups is 2. The summed E-state index contributed by atoms with van der Waals surface area (Å²) in [6.07, 6.45) is 1.18. The summed E-state index contributed by atoms with van der Waals surface area (Å²) in [5.41, 5.74) is 0.915. The Kier molecular flexibility index (Phi) is 6.03. The third kappa shape index (κ3) is 4.43. The smallest absolute Gasteiger partial charge is 0.257 e. The Morgan fingerprint density at radius 2 is 2.04 bits per heavy atom. The number of rotatable bonds is 5. The van der Waals surface area contributed by atoms with Gasteiger partial charge in [-0.3, -0.25) is 9.59 Å². The van der Waals surface area contributed by atoms with Gasteiger partial charge in [0.2, 0.25) is 5.88 Å². The van der Waals surface area contributed by atoms with Crippen molar-refractivity contribution in [3.63, 3.8) is 0 Å². The minimum atomic E-state index is -0.845. The van der Waals surface area contributed by atoms with Gasteiger partial charge in [0, 0.05) is 24.8 Å². The van der Waals surface area contributed by atoms with E-state index in [2.05, 4.69) is 10.3 Å². The number of piperidine rings is 1. The van der Waals surface area contributed by atoms with Crippen molar-refractivity contribution in [2.75, 3.05) is 19.7 Å². The molecule has 2 amide bonds. The lowest BCUT2D eigenvalue weighted by Crippen LogP contribution is -2.55. The molecule has 2 atom stereocenters. The number of pyridine rings is 1. The highest BCUT2D eigenvalue weighted by Crippen LogP contribution is 2.18. The van der Waals surface area contributed by atoms with E-state index >= 15 is 0 Å². The molecule has 0 bridgehead atoms. The van der Waals surface area contributed by atoms with E-state index in [4.69, 9.17) is 4.74 Å². The summed E-state index contributed by atoms with van der Waals surface area (Å²) in [6.45, 7) is 2.85. The van der Waals surface area contributed by atoms with Gasteiger partial charge in [-0.2, -0.15) is 0 Å². The van der Waals surface area contributed by atoms with E-state index in [1.807, 2.05) is 13.0 Å². The second kappa shape index (κ2) is 8.64. The Morgan fingerprint density at radius 3 is 2.74 bits per heavy atom. The number of aliphatic hydroxyl groups excluding tert-OH is 1. The molecule has 2 heterocycles. The highest BCUT2D eigenvalue weighted by atomic mass is 16.5. The van der Waals surface area contributed by atoms with Gasteiger partial charge in [-0.05, 0) is 37.6 Å². The van der Waals surface area contributed by atoms with Crippen molar-refractivity contribution < 1.29 is 19.4 Å². The first-order chi connectivity index (χ1) is 13.1. The summed E-state index contributed by atoms with van der Waals surface area (Å²) in [4.78, 5) is 30.8. The lowest BCUT2D eigenvalue weighted by atomic mass is 10.0. The van der Waals surface area contributed by atoms with Crippen LogP contribution in [0.25, 0.3) is 0 Å². The van der Waals surface area contributed by atoms with Gasteiger partial charge in [0.05, 0.1) is 18.8 Å². The molecule has 27 heavy (non-hydrogen) atoms. The summed E-state index contributed by atoms with van der Waals surface area (Å²) >= 11 is 0. The van der Waals surface area contributed by atoms with Gasteiger partial charge in [-0.1, -0.05) is 18.2 Å². The number of carbonyl (C=O) groups excluding carboxylic acids is 2. The van der Waals surface area contributed by atoms with Gasteiger partial charge in [-0.25, -0.2) is 4.98 Å². The largest absolute Gasteiger partial charge is 0.477 e. The number of nitrogens with one attached hydrogen (secondary N) is 1. The highest BCUT2D eigenvalue weighted by Gasteiger charge is 2.32. The standard InChI is InChI=1S/C20H23N3O4/c1-2-27-19-15(9-6-11-21-19)18(25)22-16-10-12-23(13-17(16)24)20(26)14-7-4-3-5-8-14/h3-9,11,16-17,24H,2,10,12-13H2,1H3,(H,22,25)/t16-,17-/m1/s1. The fraction of sp³-hybridized carbons (Fsp3) is 0.350. The molecule has 7 heteroatoms. The van der Waals surface area contributed by atoms with Crippen molar-refractivity contribution in [2.45, 2.75) is 25.5 Å². The van der Waals surface area contributed by atoms with E-state index in [9.17, 15) is 14.7 Å². The molecule has 0 spiro atoms. The molecule has 2 aromatic rings. The van der Waals surface area contributed by atoms with E-state index in [1.54, 1.807) is 47.5 Å². The maximum atomic E-state index is 12.6. The van der Waals surface area contributed by atoms with E-state index in [1.165, 1.54) is 0 Å². The molecule has 0 saturated carbocycles. The van der Waals surface area contributed by atoms with E-state index < -0.39 is 12.1 Å². The molecule has 0 aliphatic carbocycles. The van der Waals surface area contributed by atoms with Crippen LogP contribution in [0.15, 0.2) is 48.7 Å². The molecule has 142 valence electrons. The maximum Gasteiger partial charge on any atom is 0.257 e. The molecular weight excluding hydrogens is 346 g/mol. The number of hydrogen-bond donors (Lipinski definition) is 2. The predicted molar refractivity (Wildman–Crippen MR) is 99.6 cm³/mol. The monoisotopic (exact) mass is 369 g/mol. The molecular formula is C20H23N3O4. The van der Waals surface area contributed by atoms with E-state index in [0.29, 0.717) is 30.7 Å². The number of amides is 2. The Bertz CT molecular complexity index is 797. The van der Waals surface area contributed by atoms with Gasteiger partial charge in [0.25, 0.3) is 11.8 Å². The van der Waals surface area contributed by atoms with Crippen molar-refractivity contribution in [1.82, 2.24) is 15.2 Å². The molecule has 3 rings (SSSR count). The Balaban J connectivity index is 1.62. The minimum absolute atomic E-state index is 0.120. The summed E-state index contributed by atoms with van der Waals surface area (Å²) < 4.78 is 5.38. The van der Waals surface area contributed by atoms with Gasteiger partial charge in [-0.15, -0.1) is 0 Å². The van der Waals surface area contributed by atoms with Crippen LogP contribution in [0.1, 0.15) is 34.1 Å². The van der Waals surface area contributed by atoms with Crippen molar-refractivity contribution >= 4 is 11.8 Å². The van der Waals surface area contributed by atoms with E-state index in [0.717, 1.165) is 0 Å². The number of ether oxygens (including phenoxy) is 1. The van der Waals surface area contributed by atoms with Crippen LogP contribution in [0.2, 0.25) is 0 Å². The third-order valence-electron chi connectivity index (χ3n) is 4.50. The van der Waals surface area contributed by atoms with Crippen LogP contribution in [0.4, 0.5) is 0 Å². The SMILES string of the molecule is CCOc1ncccc1C(=O)N[C@@H]1CCN(C(=O)c2ccccc2)C[C@H]1O. The molecule has 1 aliphatic heterocycles. The summed E-state index contributed by atoms with van der Waals surface area (Å²) in [7, 11) is 0. The average Bonchev–Trinajstić information content (AvgIpc) is 2.70. The normalized spacial score (nSPS) is 19.4. The zero-order valence-corrected chi connectivity index (χ0v) is 15.2. The Morgan fingerprint density at radius 1 is 1.26 bits per heavy atom. The first-order valence-corrected chi connectivity index (χ1v) is 9.01. The predicted octanol–water partition coefficient (Wildman–Crippen LogP) is 1.49. The quantitative estimate of drug-likeness (QED) is 0.833. The zero-order chi connectivity index (χ0) is 19.2. The first-order valence-electron chi connectivity index (χ1n) is 9.01. The number of likely N-dealkylation sites (tertiary alicyclic amines) is 1. The molecule has 1 aromatic heterocycles. The second-order valence-electron chi connectivity index (χ2n) is 6.34. The Labute approximate surface area is 158 Å². The maximum absolute atomic E-state index is 12.6. The number of hydrogen-bond acceptors (Lipinski definition) is 5. The van der Waals surface area contributed by atoms with Crippen LogP contribution < -0.4 is 10.1 Å². The number of benzene rings is 1. The molecule has 1 fully saturated rings. The van der Waals surface area contributed by atoms with Gasteiger partial charge >= 0.3 is 0 Å². The number of nitrogens with zero attached hydrogens (tertiary/aromatic N) is 2. The number of aromatic nitrogens is 1. The fourth-order valence-electron chi connectivity index (χ4n) is 3.11. The minimum Gasteiger partial charge on any atom is -0.477 e. The van der Waals surface area contributed by atoms with Crippen molar-refractivity contribution in [2.24, 2.45) is 0 Å². The van der Waals surface area contributed by atoms with Crippen molar-refractivity contribution in [3.8, 4) is 5.88 Å². The first kappa shape index (κ1) is 18.8. The Hall–Kier alpha value is -2.93. The molecule has 1 aliphatic rings. The molecule has 0 unspecified atom stereocenters. The van der Waals surface area contributed by atoms with Crippen LogP contribution in [0, 0.1) is 0 Å². The van der Waals surface area contributed by atoms with Crippen LogP contribution in [-0.2, 0) is 0 Å². The average molecular weight is 369 g/mol. The number of aliphatic hydroxyl groups is 1. The van der Waals surface area contributed by atoms with E-state index in [-0.39, 0.29) is 24.2 Å². The van der Waals surface area contributed by atoms with Crippen LogP contribution in [0.5, 0.6) is 5.88 Å². The topological polar surface area (TPSA) is 91.8 Å². The molecule has 2 N–H and O–H groups in total. The van der Waals surface area contributed by atoms with Gasteiger partial charge in [0.15, 0.2) is 0 Å². The van der Waals surface area contributed by atoms with Crippen LogP contribution in [-0.4, -0.2) is 58.6 Å². The number of β-amino-alcohol motifs (C(OH)–C–C–N with tert-alkyl or cyclic N) is 1. The molecule has 1 saturated heterocycles. The van der Waals surface area contributed by atoms with Gasteiger partial charge in [0.1, 0.15) is 5.56 Å². The highest BCUT2D eigenvalue weighted by molar-refractivity contribution is 5.96. The lowest BCUT2D eigenvalue weighted by molar-refractivity contribution is 0.0314. The second-order valence-corrected chi connectivity index (χ2v) is 6.34. The third-order valence-corrected chi connectivity index (χ3v) is 4.50. The lowest BCUT2D eigenvalue weighted by Gasteiger charge is -2.36. The summed E-state index contributed by atoms with van der Waals surface area (Å²) in [6, 6.07) is 11.8. The molecule has 0 radical (unpaired) electrons. The molecule has 1 aromatic carbocycles. The van der Waals surface area contributed by atoms with Crippen molar-refractivity contribution in [3.05, 3.63) is 59.8 Å². The fourth-order valence-corrected chi connectivity index (χ4v) is 3.11. The summed E-state index contributed by atoms with van der Waals surface area (Å²) in [5.74, 6) is -0.201. The van der Waals surface area contributed by atoms with Crippen molar-refractivity contribution in [1.29, 1.82) is 0 Å². The molecule has 7 nitrogen and oxygen atoms in total.